The molecule has 0 fully saturated rings. The number of carbonyl (C=O) groups is 1. The van der Waals surface area contributed by atoms with Gasteiger partial charge in [0.2, 0.25) is 5.91 Å². The van der Waals surface area contributed by atoms with Crippen molar-refractivity contribution in [1.29, 1.82) is 0 Å². The van der Waals surface area contributed by atoms with Crippen LogP contribution in [0.25, 0.3) is 10.9 Å². The smallest absolute Gasteiger partial charge is 0.231 e. The summed E-state index contributed by atoms with van der Waals surface area (Å²) in [4.78, 5) is 17.0. The number of aliphatic hydroxyl groups is 2. The first kappa shape index (κ1) is 21.8. The minimum absolute atomic E-state index is 0.261. The molecule has 0 aliphatic carbocycles. The number of aromatic amines is 1. The molecule has 0 spiro atoms. The van der Waals surface area contributed by atoms with Crippen molar-refractivity contribution in [3.05, 3.63) is 108 Å². The van der Waals surface area contributed by atoms with Crippen molar-refractivity contribution >= 4 is 16.8 Å². The van der Waals surface area contributed by atoms with E-state index in [1.54, 1.807) is 24.3 Å². The van der Waals surface area contributed by atoms with Gasteiger partial charge in [-0.15, -0.1) is 0 Å². The zero-order valence-electron chi connectivity index (χ0n) is 18.0. The van der Waals surface area contributed by atoms with Crippen molar-refractivity contribution in [2.45, 2.75) is 30.9 Å². The Morgan fingerprint density at radius 3 is 2.47 bits per heavy atom. The molecule has 0 bridgehead atoms. The molecule has 1 amide bonds. The van der Waals surface area contributed by atoms with Crippen molar-refractivity contribution in [1.82, 2.24) is 10.3 Å². The monoisotopic (exact) mass is 427 g/mol. The molecule has 0 aliphatic rings. The molecule has 1 heterocycles. The van der Waals surface area contributed by atoms with Crippen LogP contribution in [0.1, 0.15) is 29.7 Å². The lowest BCUT2D eigenvalue weighted by Gasteiger charge is -2.32. The highest BCUT2D eigenvalue weighted by Gasteiger charge is 2.38. The fourth-order valence-electron chi connectivity index (χ4n) is 4.16. The molecular formula is C27H27N2O3. The van der Waals surface area contributed by atoms with Crippen molar-refractivity contribution in [2.24, 2.45) is 0 Å². The molecule has 0 aliphatic heterocycles. The Kier molecular flexibility index (Phi) is 6.40. The number of hydrogen-bond donors (Lipinski definition) is 4. The maximum atomic E-state index is 13.7. The first-order valence-corrected chi connectivity index (χ1v) is 10.7. The molecule has 3 aromatic carbocycles. The van der Waals surface area contributed by atoms with Crippen LogP contribution in [0.15, 0.2) is 85.1 Å². The van der Waals surface area contributed by atoms with Crippen molar-refractivity contribution in [3.8, 4) is 0 Å². The highest BCUT2D eigenvalue weighted by molar-refractivity contribution is 5.90. The summed E-state index contributed by atoms with van der Waals surface area (Å²) in [5.74, 6) is -0.261. The molecule has 1 radical (unpaired) electrons. The fourth-order valence-corrected chi connectivity index (χ4v) is 4.16. The van der Waals surface area contributed by atoms with E-state index in [1.807, 2.05) is 67.7 Å². The standard InChI is InChI=1S/C27H27N2O3/c1-27(21-12-6-3-7-13-21,16-20-17-28-23-15-9-8-14-22(20)23)26(32)29-24(18-30)25(31)19-10-4-2-5-11-19/h2,4-15,17,24-25,28,30-31H,16,18H2,1H3,(H,29,32). The summed E-state index contributed by atoms with van der Waals surface area (Å²) in [7, 11) is 0. The van der Waals surface area contributed by atoms with Gasteiger partial charge in [0.1, 0.15) is 6.10 Å². The molecular weight excluding hydrogens is 400 g/mol. The van der Waals surface area contributed by atoms with Gasteiger partial charge in [0, 0.05) is 17.1 Å². The summed E-state index contributed by atoms with van der Waals surface area (Å²) in [6.45, 7) is 1.51. The lowest BCUT2D eigenvalue weighted by atomic mass is 9.76. The number of benzene rings is 3. The number of nitrogens with one attached hydrogen (secondary N) is 2. The van der Waals surface area contributed by atoms with Gasteiger partial charge in [0.05, 0.1) is 18.1 Å². The van der Waals surface area contributed by atoms with Crippen LogP contribution in [0.4, 0.5) is 0 Å². The lowest BCUT2D eigenvalue weighted by Crippen LogP contribution is -2.51. The van der Waals surface area contributed by atoms with Crippen LogP contribution in [0, 0.1) is 6.07 Å². The minimum atomic E-state index is -1.02. The van der Waals surface area contributed by atoms with E-state index >= 15 is 0 Å². The average molecular weight is 428 g/mol. The second kappa shape index (κ2) is 9.39. The molecule has 3 unspecified atom stereocenters. The van der Waals surface area contributed by atoms with Crippen LogP contribution < -0.4 is 5.32 Å². The maximum Gasteiger partial charge on any atom is 0.231 e. The van der Waals surface area contributed by atoms with Crippen LogP contribution in [-0.4, -0.2) is 33.8 Å². The van der Waals surface area contributed by atoms with Crippen molar-refractivity contribution < 1.29 is 15.0 Å². The fraction of sp³-hybridized carbons (Fsp3) is 0.222. The van der Waals surface area contributed by atoms with Crippen LogP contribution >= 0.6 is 0 Å². The Bertz CT molecular complexity index is 1170. The molecule has 3 atom stereocenters. The number of carbonyl (C=O) groups excluding carboxylic acids is 1. The average Bonchev–Trinajstić information content (AvgIpc) is 3.25. The van der Waals surface area contributed by atoms with Crippen LogP contribution in [0.3, 0.4) is 0 Å². The number of amides is 1. The largest absolute Gasteiger partial charge is 0.394 e. The van der Waals surface area contributed by atoms with Crippen LogP contribution in [-0.2, 0) is 16.6 Å². The predicted octanol–water partition coefficient (Wildman–Crippen LogP) is 3.68. The molecule has 0 saturated carbocycles. The van der Waals surface area contributed by atoms with E-state index in [9.17, 15) is 15.0 Å². The summed E-state index contributed by atoms with van der Waals surface area (Å²) in [5, 5.41) is 24.7. The normalized spacial score (nSPS) is 15.1. The molecule has 5 heteroatoms. The number of hydrogen-bond acceptors (Lipinski definition) is 3. The van der Waals surface area contributed by atoms with Gasteiger partial charge in [-0.25, -0.2) is 0 Å². The van der Waals surface area contributed by atoms with Gasteiger partial charge in [0.15, 0.2) is 0 Å². The SMILES string of the molecule is CC(Cc1c[nH]c2ccccc12)(C(=O)NC(CO)C(O)c1ccccc1)c1cc[c]cc1. The highest BCUT2D eigenvalue weighted by atomic mass is 16.3. The highest BCUT2D eigenvalue weighted by Crippen LogP contribution is 2.32. The molecule has 4 N–H and O–H groups in total. The van der Waals surface area contributed by atoms with E-state index in [0.29, 0.717) is 12.0 Å². The first-order valence-electron chi connectivity index (χ1n) is 10.7. The second-order valence-corrected chi connectivity index (χ2v) is 8.28. The van der Waals surface area contributed by atoms with E-state index < -0.39 is 17.6 Å². The first-order chi connectivity index (χ1) is 15.5. The summed E-state index contributed by atoms with van der Waals surface area (Å²) < 4.78 is 0. The number of para-hydroxylation sites is 1. The minimum Gasteiger partial charge on any atom is -0.394 e. The number of aromatic nitrogens is 1. The summed E-state index contributed by atoms with van der Waals surface area (Å²) in [6, 6.07) is 26.6. The second-order valence-electron chi connectivity index (χ2n) is 8.28. The lowest BCUT2D eigenvalue weighted by molar-refractivity contribution is -0.128. The Labute approximate surface area is 187 Å². The third-order valence-electron chi connectivity index (χ3n) is 6.11. The van der Waals surface area contributed by atoms with Crippen LogP contribution in [0.5, 0.6) is 0 Å². The van der Waals surface area contributed by atoms with Gasteiger partial charge in [0.25, 0.3) is 0 Å². The van der Waals surface area contributed by atoms with Gasteiger partial charge in [-0.3, -0.25) is 4.79 Å². The third kappa shape index (κ3) is 4.31. The van der Waals surface area contributed by atoms with Gasteiger partial charge in [-0.2, -0.15) is 0 Å². The van der Waals surface area contributed by atoms with Gasteiger partial charge >= 0.3 is 0 Å². The zero-order valence-corrected chi connectivity index (χ0v) is 18.0. The number of H-pyrrole nitrogens is 1. The van der Waals surface area contributed by atoms with E-state index in [2.05, 4.69) is 16.4 Å². The summed E-state index contributed by atoms with van der Waals surface area (Å²) in [5.41, 5.74) is 2.59. The number of aliphatic hydroxyl groups excluding tert-OH is 2. The van der Waals surface area contributed by atoms with Gasteiger partial charge in [-0.05, 0) is 42.2 Å². The Morgan fingerprint density at radius 1 is 1.06 bits per heavy atom. The maximum absolute atomic E-state index is 13.7. The topological polar surface area (TPSA) is 85.4 Å². The molecule has 5 nitrogen and oxygen atoms in total. The van der Waals surface area contributed by atoms with E-state index in [0.717, 1.165) is 22.0 Å². The van der Waals surface area contributed by atoms with Crippen molar-refractivity contribution in [2.75, 3.05) is 6.61 Å². The molecule has 0 saturated heterocycles. The van der Waals surface area contributed by atoms with E-state index in [-0.39, 0.29) is 12.5 Å². The van der Waals surface area contributed by atoms with Gasteiger partial charge < -0.3 is 20.5 Å². The summed E-state index contributed by atoms with van der Waals surface area (Å²) >= 11 is 0. The Hall–Kier alpha value is -3.41. The Balaban J connectivity index is 1.66. The predicted molar refractivity (Wildman–Crippen MR) is 125 cm³/mol. The molecule has 1 aromatic heterocycles. The Morgan fingerprint density at radius 2 is 1.75 bits per heavy atom. The van der Waals surface area contributed by atoms with Crippen molar-refractivity contribution in [3.63, 3.8) is 0 Å². The van der Waals surface area contributed by atoms with E-state index in [4.69, 9.17) is 0 Å². The molecule has 4 aromatic rings. The molecule has 163 valence electrons. The number of fused-ring (bicyclic) bond motifs is 1. The molecule has 4 rings (SSSR count). The van der Waals surface area contributed by atoms with Gasteiger partial charge in [-0.1, -0.05) is 72.8 Å². The number of rotatable bonds is 8. The molecule has 32 heavy (non-hydrogen) atoms. The van der Waals surface area contributed by atoms with E-state index in [1.165, 1.54) is 0 Å². The quantitative estimate of drug-likeness (QED) is 0.346. The summed E-state index contributed by atoms with van der Waals surface area (Å²) in [6.07, 6.45) is 1.37. The third-order valence-corrected chi connectivity index (χ3v) is 6.11. The zero-order chi connectivity index (χ0) is 22.6. The van der Waals surface area contributed by atoms with Crippen LogP contribution in [0.2, 0.25) is 0 Å².